The monoisotopic (exact) mass is 649 g/mol. The van der Waals surface area contributed by atoms with Crippen molar-refractivity contribution in [3.8, 4) is 0 Å². The van der Waals surface area contributed by atoms with E-state index >= 15 is 0 Å². The van der Waals surface area contributed by atoms with Gasteiger partial charge in [0.1, 0.15) is 12.6 Å². The van der Waals surface area contributed by atoms with Crippen LogP contribution in [0.4, 0.5) is 5.69 Å². The molecule has 0 unspecified atom stereocenters. The molecule has 4 rings (SSSR count). The van der Waals surface area contributed by atoms with Crippen LogP contribution < -0.4 is 9.62 Å². The van der Waals surface area contributed by atoms with Gasteiger partial charge in [-0.25, -0.2) is 8.42 Å². The zero-order chi connectivity index (χ0) is 30.4. The fourth-order valence-electron chi connectivity index (χ4n) is 4.99. The standard InChI is InChI=1S/C31H34Cl3N3O4S/c1-21-16-17-24(18-29(21)34)37(42(40,41)25-12-7-4-8-13-25)20-30(38)36(19-26-27(32)14-9-15-28(26)33)22(2)31(39)35-23-10-5-3-6-11-23/h4,7-9,12-18,22-23H,3,5-6,10-11,19-20H2,1-2H3,(H,35,39)/t22-/m0/s1. The molecule has 0 bridgehead atoms. The molecule has 11 heteroatoms. The third kappa shape index (κ3) is 7.59. The fraction of sp³-hybridized carbons (Fsp3) is 0.355. The van der Waals surface area contributed by atoms with Crippen LogP contribution in [0.25, 0.3) is 0 Å². The van der Waals surface area contributed by atoms with Crippen LogP contribution in [0.3, 0.4) is 0 Å². The highest BCUT2D eigenvalue weighted by atomic mass is 35.5. The third-order valence-electron chi connectivity index (χ3n) is 7.56. The predicted molar refractivity (Wildman–Crippen MR) is 169 cm³/mol. The van der Waals surface area contributed by atoms with E-state index in [9.17, 15) is 18.0 Å². The highest BCUT2D eigenvalue weighted by molar-refractivity contribution is 7.92. The average molecular weight is 651 g/mol. The number of aryl methyl sites for hydroxylation is 1. The van der Waals surface area contributed by atoms with Crippen LogP contribution in [0.5, 0.6) is 0 Å². The number of hydrogen-bond acceptors (Lipinski definition) is 4. The molecule has 1 fully saturated rings. The zero-order valence-corrected chi connectivity index (χ0v) is 26.6. The van der Waals surface area contributed by atoms with Gasteiger partial charge in [-0.15, -0.1) is 0 Å². The fourth-order valence-corrected chi connectivity index (χ4v) is 7.11. The van der Waals surface area contributed by atoms with E-state index in [2.05, 4.69) is 5.32 Å². The second-order valence-electron chi connectivity index (χ2n) is 10.5. The van der Waals surface area contributed by atoms with E-state index in [0.717, 1.165) is 42.0 Å². The van der Waals surface area contributed by atoms with Gasteiger partial charge in [0, 0.05) is 33.2 Å². The van der Waals surface area contributed by atoms with Crippen LogP contribution in [0.15, 0.2) is 71.6 Å². The molecule has 1 saturated carbocycles. The molecule has 0 radical (unpaired) electrons. The van der Waals surface area contributed by atoms with Crippen molar-refractivity contribution in [2.45, 2.75) is 69.5 Å². The molecule has 7 nitrogen and oxygen atoms in total. The van der Waals surface area contributed by atoms with Gasteiger partial charge in [0.15, 0.2) is 0 Å². The number of halogens is 3. The van der Waals surface area contributed by atoms with E-state index in [1.165, 1.54) is 23.1 Å². The molecule has 0 heterocycles. The lowest BCUT2D eigenvalue weighted by Gasteiger charge is -2.33. The molecule has 1 N–H and O–H groups in total. The smallest absolute Gasteiger partial charge is 0.264 e. The summed E-state index contributed by atoms with van der Waals surface area (Å²) in [6.07, 6.45) is 4.94. The number of rotatable bonds is 10. The van der Waals surface area contributed by atoms with E-state index in [0.29, 0.717) is 20.6 Å². The maximum atomic E-state index is 14.1. The van der Waals surface area contributed by atoms with Crippen molar-refractivity contribution in [1.82, 2.24) is 10.2 Å². The summed E-state index contributed by atoms with van der Waals surface area (Å²) in [7, 11) is -4.20. The second-order valence-corrected chi connectivity index (χ2v) is 13.6. The number of anilines is 1. The number of nitrogens with one attached hydrogen (secondary N) is 1. The number of nitrogens with zero attached hydrogens (tertiary/aromatic N) is 2. The molecule has 1 aliphatic rings. The Labute approximate surface area is 262 Å². The summed E-state index contributed by atoms with van der Waals surface area (Å²) < 4.78 is 28.8. The van der Waals surface area contributed by atoms with Gasteiger partial charge in [-0.1, -0.05) is 84.4 Å². The molecular weight excluding hydrogens is 617 g/mol. The van der Waals surface area contributed by atoms with Crippen molar-refractivity contribution in [1.29, 1.82) is 0 Å². The lowest BCUT2D eigenvalue weighted by Crippen LogP contribution is -2.53. The zero-order valence-electron chi connectivity index (χ0n) is 23.5. The number of carbonyl (C=O) groups is 2. The molecule has 3 aromatic rings. The van der Waals surface area contributed by atoms with Gasteiger partial charge in [-0.05, 0) is 68.7 Å². The first kappa shape index (κ1) is 32.1. The van der Waals surface area contributed by atoms with Crippen molar-refractivity contribution < 1.29 is 18.0 Å². The lowest BCUT2D eigenvalue weighted by molar-refractivity contribution is -0.139. The SMILES string of the molecule is Cc1ccc(N(CC(=O)N(Cc2c(Cl)cccc2Cl)[C@@H](C)C(=O)NC2CCCCC2)S(=O)(=O)c2ccccc2)cc1Cl. The first-order valence-corrected chi connectivity index (χ1v) is 16.4. The molecule has 3 aromatic carbocycles. The Hall–Kier alpha value is -2.78. The van der Waals surface area contributed by atoms with Crippen molar-refractivity contribution in [3.63, 3.8) is 0 Å². The number of carbonyl (C=O) groups excluding carboxylic acids is 2. The highest BCUT2D eigenvalue weighted by Gasteiger charge is 2.34. The molecule has 1 atom stereocenters. The van der Waals surface area contributed by atoms with E-state index < -0.39 is 28.5 Å². The maximum absolute atomic E-state index is 14.1. The molecule has 0 aliphatic heterocycles. The Morgan fingerprint density at radius 1 is 0.905 bits per heavy atom. The van der Waals surface area contributed by atoms with Gasteiger partial charge in [0.2, 0.25) is 11.8 Å². The first-order valence-electron chi connectivity index (χ1n) is 13.9. The number of sulfonamides is 1. The van der Waals surface area contributed by atoms with E-state index in [1.54, 1.807) is 62.4 Å². The molecule has 0 aromatic heterocycles. The quantitative estimate of drug-likeness (QED) is 0.256. The predicted octanol–water partition coefficient (Wildman–Crippen LogP) is 7.02. The molecule has 0 saturated heterocycles. The van der Waals surface area contributed by atoms with Crippen LogP contribution in [-0.2, 0) is 26.2 Å². The van der Waals surface area contributed by atoms with Crippen molar-refractivity contribution >= 4 is 62.3 Å². The Bertz CT molecular complexity index is 1510. The molecule has 42 heavy (non-hydrogen) atoms. The molecule has 2 amide bonds. The van der Waals surface area contributed by atoms with Gasteiger partial charge in [-0.3, -0.25) is 13.9 Å². The summed E-state index contributed by atoms with van der Waals surface area (Å²) in [5.74, 6) is -0.928. The maximum Gasteiger partial charge on any atom is 0.264 e. The van der Waals surface area contributed by atoms with Gasteiger partial charge >= 0.3 is 0 Å². The van der Waals surface area contributed by atoms with Gasteiger partial charge in [0.05, 0.1) is 10.6 Å². The topological polar surface area (TPSA) is 86.8 Å². The Balaban J connectivity index is 1.72. The Morgan fingerprint density at radius 2 is 1.55 bits per heavy atom. The number of hydrogen-bond donors (Lipinski definition) is 1. The molecule has 1 aliphatic carbocycles. The summed E-state index contributed by atoms with van der Waals surface area (Å²) in [4.78, 5) is 28.9. The lowest BCUT2D eigenvalue weighted by atomic mass is 9.95. The van der Waals surface area contributed by atoms with E-state index in [-0.39, 0.29) is 29.1 Å². The highest BCUT2D eigenvalue weighted by Crippen LogP contribution is 2.30. The first-order chi connectivity index (χ1) is 20.0. The summed E-state index contributed by atoms with van der Waals surface area (Å²) >= 11 is 19.3. The summed E-state index contributed by atoms with van der Waals surface area (Å²) in [6, 6.07) is 16.7. The largest absolute Gasteiger partial charge is 0.352 e. The van der Waals surface area contributed by atoms with Gasteiger partial charge in [-0.2, -0.15) is 0 Å². The number of amides is 2. The minimum Gasteiger partial charge on any atom is -0.352 e. The summed E-state index contributed by atoms with van der Waals surface area (Å²) in [6.45, 7) is 2.75. The summed E-state index contributed by atoms with van der Waals surface area (Å²) in [5, 5.41) is 4.10. The molecule has 0 spiro atoms. The minimum absolute atomic E-state index is 0.0123. The number of benzene rings is 3. The van der Waals surface area contributed by atoms with E-state index in [4.69, 9.17) is 34.8 Å². The second kappa shape index (κ2) is 14.1. The van der Waals surface area contributed by atoms with Gasteiger partial charge in [0.25, 0.3) is 10.0 Å². The van der Waals surface area contributed by atoms with Crippen molar-refractivity contribution in [2.24, 2.45) is 0 Å². The van der Waals surface area contributed by atoms with Crippen LogP contribution in [-0.4, -0.2) is 43.8 Å². The van der Waals surface area contributed by atoms with Crippen LogP contribution in [0.2, 0.25) is 15.1 Å². The normalized spacial score (nSPS) is 14.7. The Kier molecular flexibility index (Phi) is 10.8. The van der Waals surface area contributed by atoms with Crippen LogP contribution in [0, 0.1) is 6.92 Å². The molecular formula is C31H34Cl3N3O4S. The van der Waals surface area contributed by atoms with E-state index in [1.807, 2.05) is 0 Å². The van der Waals surface area contributed by atoms with Crippen LogP contribution in [0.1, 0.15) is 50.2 Å². The molecule has 224 valence electrons. The summed E-state index contributed by atoms with van der Waals surface area (Å²) in [5.41, 5.74) is 1.44. The van der Waals surface area contributed by atoms with Gasteiger partial charge < -0.3 is 10.2 Å². The average Bonchev–Trinajstić information content (AvgIpc) is 2.97. The van der Waals surface area contributed by atoms with Crippen molar-refractivity contribution in [3.05, 3.63) is 92.9 Å². The minimum atomic E-state index is -4.20. The van der Waals surface area contributed by atoms with Crippen LogP contribution >= 0.6 is 34.8 Å². The third-order valence-corrected chi connectivity index (χ3v) is 10.5. The Morgan fingerprint density at radius 3 is 2.17 bits per heavy atom. The van der Waals surface area contributed by atoms with Crippen molar-refractivity contribution in [2.75, 3.05) is 10.8 Å².